The molecule has 92 valence electrons. The van der Waals surface area contributed by atoms with Crippen LogP contribution >= 0.6 is 0 Å². The summed E-state index contributed by atoms with van der Waals surface area (Å²) in [5.41, 5.74) is 6.36. The van der Waals surface area contributed by atoms with Gasteiger partial charge >= 0.3 is 0 Å². The van der Waals surface area contributed by atoms with Gasteiger partial charge in [0.2, 0.25) is 0 Å². The van der Waals surface area contributed by atoms with Crippen molar-refractivity contribution in [2.45, 2.75) is 26.9 Å². The van der Waals surface area contributed by atoms with Crippen molar-refractivity contribution in [2.75, 3.05) is 0 Å². The Hall–Kier alpha value is -1.96. The maximum Gasteiger partial charge on any atom is 0.123 e. The molecule has 2 heteroatoms. The Morgan fingerprint density at radius 3 is 2.50 bits per heavy atom. The van der Waals surface area contributed by atoms with Crippen LogP contribution in [0.15, 0.2) is 53.9 Å². The van der Waals surface area contributed by atoms with Crippen molar-refractivity contribution < 1.29 is 0 Å². The molecule has 2 heterocycles. The van der Waals surface area contributed by atoms with E-state index in [1.807, 2.05) is 0 Å². The lowest BCUT2D eigenvalue weighted by Gasteiger charge is -2.25. The molecule has 0 bridgehead atoms. The van der Waals surface area contributed by atoms with Gasteiger partial charge in [-0.3, -0.25) is 0 Å². The number of aryl methyl sites for hydroxylation is 1. The molecule has 0 aliphatic carbocycles. The zero-order valence-corrected chi connectivity index (χ0v) is 11.1. The van der Waals surface area contributed by atoms with Gasteiger partial charge in [-0.25, -0.2) is 0 Å². The lowest BCUT2D eigenvalue weighted by molar-refractivity contribution is 0.399. The highest BCUT2D eigenvalue weighted by Crippen LogP contribution is 2.30. The molecule has 0 saturated heterocycles. The highest BCUT2D eigenvalue weighted by atomic mass is 15.3. The third kappa shape index (κ3) is 1.74. The molecule has 18 heavy (non-hydrogen) atoms. The summed E-state index contributed by atoms with van der Waals surface area (Å²) in [5.74, 6) is 0. The minimum atomic E-state index is 0.269. The van der Waals surface area contributed by atoms with Crippen molar-refractivity contribution in [1.29, 1.82) is 0 Å². The summed E-state index contributed by atoms with van der Waals surface area (Å²) >= 11 is 0. The van der Waals surface area contributed by atoms with Crippen molar-refractivity contribution >= 4 is 5.70 Å². The third-order valence-corrected chi connectivity index (χ3v) is 3.57. The van der Waals surface area contributed by atoms with Crippen LogP contribution in [0.4, 0.5) is 0 Å². The van der Waals surface area contributed by atoms with E-state index >= 15 is 0 Å². The number of nitrogens with one attached hydrogen (secondary N) is 1. The van der Waals surface area contributed by atoms with E-state index in [0.29, 0.717) is 0 Å². The molecule has 0 aromatic heterocycles. The minimum Gasteiger partial charge on any atom is -0.360 e. The summed E-state index contributed by atoms with van der Waals surface area (Å²) in [6.45, 7) is 6.42. The molecule has 0 fully saturated rings. The summed E-state index contributed by atoms with van der Waals surface area (Å²) in [4.78, 5) is 2.30. The predicted octanol–water partition coefficient (Wildman–Crippen LogP) is 3.39. The van der Waals surface area contributed by atoms with Crippen molar-refractivity contribution in [3.05, 3.63) is 65.0 Å². The second kappa shape index (κ2) is 4.05. The van der Waals surface area contributed by atoms with Gasteiger partial charge in [-0.1, -0.05) is 35.9 Å². The van der Waals surface area contributed by atoms with Crippen molar-refractivity contribution in [2.24, 2.45) is 0 Å². The van der Waals surface area contributed by atoms with Gasteiger partial charge in [0.25, 0.3) is 0 Å². The molecule has 0 amide bonds. The standard InChI is InChI=1S/C16H18N2/c1-11-4-7-14(8-5-11)16-13(3)18-10-12(2)6-9-15(18)17-16/h4-10,15,17H,1-3H3. The average molecular weight is 238 g/mol. The molecule has 3 rings (SSSR count). The van der Waals surface area contributed by atoms with Crippen LogP contribution in [-0.2, 0) is 0 Å². The first kappa shape index (κ1) is 11.1. The van der Waals surface area contributed by atoms with E-state index in [2.05, 4.69) is 73.6 Å². The summed E-state index contributed by atoms with van der Waals surface area (Å²) in [7, 11) is 0. The maximum absolute atomic E-state index is 3.57. The smallest absolute Gasteiger partial charge is 0.123 e. The molecule has 2 nitrogen and oxygen atoms in total. The van der Waals surface area contributed by atoms with Crippen LogP contribution in [0.25, 0.3) is 5.70 Å². The Labute approximate surface area is 108 Å². The van der Waals surface area contributed by atoms with Crippen LogP contribution in [-0.4, -0.2) is 11.1 Å². The molecule has 2 aliphatic rings. The van der Waals surface area contributed by atoms with E-state index in [0.717, 1.165) is 0 Å². The van der Waals surface area contributed by atoms with E-state index in [-0.39, 0.29) is 6.17 Å². The summed E-state index contributed by atoms with van der Waals surface area (Å²) in [6.07, 6.45) is 6.85. The fourth-order valence-corrected chi connectivity index (χ4v) is 2.50. The number of hydrogen-bond donors (Lipinski definition) is 1. The Bertz CT molecular complexity index is 561. The average Bonchev–Trinajstić information content (AvgIpc) is 2.68. The molecule has 1 unspecified atom stereocenters. The molecule has 1 atom stereocenters. The van der Waals surface area contributed by atoms with E-state index in [9.17, 15) is 0 Å². The number of rotatable bonds is 1. The maximum atomic E-state index is 3.57. The SMILES string of the molecule is CC1=CN2C(C)=C(c3ccc(C)cc3)NC2C=C1. The molecular weight excluding hydrogens is 220 g/mol. The first-order valence-corrected chi connectivity index (χ1v) is 6.34. The second-order valence-electron chi connectivity index (χ2n) is 5.06. The Kier molecular flexibility index (Phi) is 2.51. The van der Waals surface area contributed by atoms with Crippen molar-refractivity contribution in [3.8, 4) is 0 Å². The largest absolute Gasteiger partial charge is 0.360 e. The Morgan fingerprint density at radius 1 is 1.06 bits per heavy atom. The van der Waals surface area contributed by atoms with Crippen molar-refractivity contribution in [3.63, 3.8) is 0 Å². The number of fused-ring (bicyclic) bond motifs is 1. The van der Waals surface area contributed by atoms with E-state index in [4.69, 9.17) is 0 Å². The zero-order chi connectivity index (χ0) is 12.7. The first-order chi connectivity index (χ1) is 8.65. The van der Waals surface area contributed by atoms with E-state index in [1.165, 1.54) is 28.1 Å². The molecule has 1 N–H and O–H groups in total. The lowest BCUT2D eigenvalue weighted by atomic mass is 10.1. The minimum absolute atomic E-state index is 0.269. The van der Waals surface area contributed by atoms with Gasteiger partial charge in [0.1, 0.15) is 6.17 Å². The van der Waals surface area contributed by atoms with Crippen LogP contribution in [0.5, 0.6) is 0 Å². The molecule has 1 aromatic rings. The van der Waals surface area contributed by atoms with Crippen LogP contribution < -0.4 is 5.32 Å². The van der Waals surface area contributed by atoms with Gasteiger partial charge in [-0.15, -0.1) is 0 Å². The van der Waals surface area contributed by atoms with Crippen LogP contribution in [0.1, 0.15) is 25.0 Å². The zero-order valence-electron chi connectivity index (χ0n) is 11.1. The highest BCUT2D eigenvalue weighted by Gasteiger charge is 2.27. The van der Waals surface area contributed by atoms with Crippen LogP contribution in [0.3, 0.4) is 0 Å². The molecule has 2 aliphatic heterocycles. The molecule has 1 aromatic carbocycles. The number of allylic oxidation sites excluding steroid dienone is 3. The number of benzene rings is 1. The normalized spacial score (nSPS) is 21.8. The number of hydrogen-bond acceptors (Lipinski definition) is 2. The van der Waals surface area contributed by atoms with Gasteiger partial charge in [0, 0.05) is 11.9 Å². The summed E-state index contributed by atoms with van der Waals surface area (Å²) in [6, 6.07) is 8.68. The van der Waals surface area contributed by atoms with E-state index < -0.39 is 0 Å². The second-order valence-corrected chi connectivity index (χ2v) is 5.06. The summed E-state index contributed by atoms with van der Waals surface area (Å²) < 4.78 is 0. The molecule has 0 saturated carbocycles. The molecular formula is C16H18N2. The predicted molar refractivity (Wildman–Crippen MR) is 75.4 cm³/mol. The monoisotopic (exact) mass is 238 g/mol. The fraction of sp³-hybridized carbons (Fsp3) is 0.250. The van der Waals surface area contributed by atoms with Crippen LogP contribution in [0.2, 0.25) is 0 Å². The highest BCUT2D eigenvalue weighted by molar-refractivity contribution is 5.70. The molecule has 0 radical (unpaired) electrons. The topological polar surface area (TPSA) is 15.3 Å². The lowest BCUT2D eigenvalue weighted by Crippen LogP contribution is -2.33. The van der Waals surface area contributed by atoms with Gasteiger partial charge in [-0.05, 0) is 38.0 Å². The van der Waals surface area contributed by atoms with E-state index in [1.54, 1.807) is 0 Å². The third-order valence-electron chi connectivity index (χ3n) is 3.57. The Balaban J connectivity index is 1.99. The van der Waals surface area contributed by atoms with Crippen molar-refractivity contribution in [1.82, 2.24) is 10.2 Å². The number of nitrogens with zero attached hydrogens (tertiary/aromatic N) is 1. The molecule has 0 spiro atoms. The van der Waals surface area contributed by atoms with Gasteiger partial charge in [-0.2, -0.15) is 0 Å². The van der Waals surface area contributed by atoms with Gasteiger partial charge in [0.15, 0.2) is 0 Å². The van der Waals surface area contributed by atoms with Crippen LogP contribution in [0, 0.1) is 6.92 Å². The van der Waals surface area contributed by atoms with Gasteiger partial charge < -0.3 is 10.2 Å². The summed E-state index contributed by atoms with van der Waals surface area (Å²) in [5, 5.41) is 3.57. The fourth-order valence-electron chi connectivity index (χ4n) is 2.50. The first-order valence-electron chi connectivity index (χ1n) is 6.34. The Morgan fingerprint density at radius 2 is 1.78 bits per heavy atom. The van der Waals surface area contributed by atoms with Gasteiger partial charge in [0.05, 0.1) is 5.70 Å². The quantitative estimate of drug-likeness (QED) is 0.806.